The number of aliphatic hydroxyl groups excluding tert-OH is 1. The molecule has 0 saturated heterocycles. The van der Waals surface area contributed by atoms with Crippen LogP contribution >= 0.6 is 0 Å². The third kappa shape index (κ3) is 1.87. The summed E-state index contributed by atoms with van der Waals surface area (Å²) in [6, 6.07) is 4.40. The zero-order valence-corrected chi connectivity index (χ0v) is 7.93. The van der Waals surface area contributed by atoms with Gasteiger partial charge in [-0.25, -0.2) is 0 Å². The second-order valence-electron chi connectivity index (χ2n) is 2.67. The van der Waals surface area contributed by atoms with Gasteiger partial charge in [0, 0.05) is 0 Å². The molecule has 0 fully saturated rings. The summed E-state index contributed by atoms with van der Waals surface area (Å²) in [5, 5.41) is 28.4. The number of hydrogen-bond donors (Lipinski definition) is 1. The lowest BCUT2D eigenvalue weighted by Gasteiger charge is -2.07. The summed E-state index contributed by atoms with van der Waals surface area (Å²) in [6.45, 7) is -0.547. The van der Waals surface area contributed by atoms with Crippen molar-refractivity contribution in [2.24, 2.45) is 0 Å². The topological polar surface area (TPSA) is 96.4 Å². The van der Waals surface area contributed by atoms with E-state index < -0.39 is 17.2 Å². The largest absolute Gasteiger partial charge is 0.496 e. The molecular weight excluding hydrogens is 200 g/mol. The van der Waals surface area contributed by atoms with Gasteiger partial charge in [0.15, 0.2) is 0 Å². The second-order valence-corrected chi connectivity index (χ2v) is 2.67. The smallest absolute Gasteiger partial charge is 0.296 e. The van der Waals surface area contributed by atoms with Crippen molar-refractivity contribution in [3.05, 3.63) is 33.4 Å². The fraction of sp³-hybridized carbons (Fsp3) is 0.222. The molecule has 15 heavy (non-hydrogen) atoms. The average molecular weight is 208 g/mol. The molecule has 0 atom stereocenters. The first-order chi connectivity index (χ1) is 7.15. The predicted octanol–water partition coefficient (Wildman–Crippen LogP) is 0.967. The number of aliphatic hydroxyl groups is 1. The maximum absolute atomic E-state index is 10.7. The molecule has 78 valence electrons. The Balaban J connectivity index is 3.53. The van der Waals surface area contributed by atoms with E-state index in [0.717, 1.165) is 0 Å². The van der Waals surface area contributed by atoms with E-state index in [9.17, 15) is 10.1 Å². The molecule has 0 radical (unpaired) electrons. The highest BCUT2D eigenvalue weighted by atomic mass is 16.6. The maximum Gasteiger partial charge on any atom is 0.296 e. The number of nitro groups is 1. The van der Waals surface area contributed by atoms with Crippen LogP contribution in [0.25, 0.3) is 0 Å². The van der Waals surface area contributed by atoms with Gasteiger partial charge in [0.2, 0.25) is 0 Å². The number of rotatable bonds is 3. The lowest BCUT2D eigenvalue weighted by Crippen LogP contribution is -2.01. The van der Waals surface area contributed by atoms with Crippen molar-refractivity contribution in [2.75, 3.05) is 7.11 Å². The van der Waals surface area contributed by atoms with Crippen LogP contribution in [-0.2, 0) is 6.61 Å². The SMILES string of the molecule is COc1ccc(C#N)c([N+](=O)[O-])c1CO. The van der Waals surface area contributed by atoms with Gasteiger partial charge in [-0.15, -0.1) is 0 Å². The lowest BCUT2D eigenvalue weighted by atomic mass is 10.1. The van der Waals surface area contributed by atoms with Crippen molar-refractivity contribution in [1.29, 1.82) is 5.26 Å². The normalized spacial score (nSPS) is 9.40. The van der Waals surface area contributed by atoms with Crippen LogP contribution in [0, 0.1) is 21.4 Å². The maximum atomic E-state index is 10.7. The predicted molar refractivity (Wildman–Crippen MR) is 50.3 cm³/mol. The fourth-order valence-corrected chi connectivity index (χ4v) is 1.26. The molecule has 6 nitrogen and oxygen atoms in total. The molecule has 0 unspecified atom stereocenters. The first kappa shape index (κ1) is 10.9. The molecule has 0 amide bonds. The van der Waals surface area contributed by atoms with Gasteiger partial charge in [-0.3, -0.25) is 10.1 Å². The van der Waals surface area contributed by atoms with E-state index in [2.05, 4.69) is 0 Å². The van der Waals surface area contributed by atoms with Crippen LogP contribution < -0.4 is 4.74 Å². The van der Waals surface area contributed by atoms with E-state index >= 15 is 0 Å². The van der Waals surface area contributed by atoms with Crippen LogP contribution in [-0.4, -0.2) is 17.1 Å². The summed E-state index contributed by atoms with van der Waals surface area (Å²) in [5.74, 6) is 0.197. The standard InChI is InChI=1S/C9H8N2O4/c1-15-8-3-2-6(4-10)9(11(13)14)7(8)5-12/h2-3,12H,5H2,1H3. The van der Waals surface area contributed by atoms with Crippen LogP contribution in [0.4, 0.5) is 5.69 Å². The molecule has 0 heterocycles. The lowest BCUT2D eigenvalue weighted by molar-refractivity contribution is -0.386. The molecular formula is C9H8N2O4. The fourth-order valence-electron chi connectivity index (χ4n) is 1.26. The van der Waals surface area contributed by atoms with Crippen LogP contribution in [0.5, 0.6) is 5.75 Å². The molecule has 1 aromatic rings. The third-order valence-corrected chi connectivity index (χ3v) is 1.92. The van der Waals surface area contributed by atoms with E-state index in [4.69, 9.17) is 15.1 Å². The first-order valence-corrected chi connectivity index (χ1v) is 4.01. The van der Waals surface area contributed by atoms with Gasteiger partial charge in [0.1, 0.15) is 17.4 Å². The molecule has 0 saturated carbocycles. The van der Waals surface area contributed by atoms with Crippen molar-refractivity contribution >= 4 is 5.69 Å². The van der Waals surface area contributed by atoms with Crippen molar-refractivity contribution < 1.29 is 14.8 Å². The summed E-state index contributed by atoms with van der Waals surface area (Å²) in [5.41, 5.74) is -0.481. The molecule has 1 N–H and O–H groups in total. The Morgan fingerprint density at radius 2 is 2.33 bits per heavy atom. The molecule has 0 aliphatic rings. The zero-order valence-electron chi connectivity index (χ0n) is 7.93. The number of nitriles is 1. The van der Waals surface area contributed by atoms with Gasteiger partial charge in [-0.05, 0) is 12.1 Å². The van der Waals surface area contributed by atoms with Crippen molar-refractivity contribution in [2.45, 2.75) is 6.61 Å². The number of hydrogen-bond acceptors (Lipinski definition) is 5. The van der Waals surface area contributed by atoms with Gasteiger partial charge >= 0.3 is 0 Å². The van der Waals surface area contributed by atoms with Gasteiger partial charge in [0.05, 0.1) is 24.2 Å². The first-order valence-electron chi connectivity index (χ1n) is 4.01. The number of nitro benzene ring substituents is 1. The van der Waals surface area contributed by atoms with E-state index in [0.29, 0.717) is 0 Å². The molecule has 0 bridgehead atoms. The van der Waals surface area contributed by atoms with Gasteiger partial charge in [-0.2, -0.15) is 5.26 Å². The van der Waals surface area contributed by atoms with Crippen molar-refractivity contribution in [3.63, 3.8) is 0 Å². The summed E-state index contributed by atoms with van der Waals surface area (Å²) < 4.78 is 4.85. The highest BCUT2D eigenvalue weighted by molar-refractivity contribution is 5.59. The van der Waals surface area contributed by atoms with E-state index in [1.54, 1.807) is 6.07 Å². The summed E-state index contributed by atoms with van der Waals surface area (Å²) in [6.07, 6.45) is 0. The van der Waals surface area contributed by atoms with Crippen LogP contribution in [0.2, 0.25) is 0 Å². The molecule has 0 spiro atoms. The number of methoxy groups -OCH3 is 1. The zero-order chi connectivity index (χ0) is 11.4. The molecule has 0 aromatic heterocycles. The summed E-state index contributed by atoms with van der Waals surface area (Å²) >= 11 is 0. The summed E-state index contributed by atoms with van der Waals surface area (Å²) in [4.78, 5) is 10.0. The van der Waals surface area contributed by atoms with Gasteiger partial charge in [-0.1, -0.05) is 0 Å². The molecule has 6 heteroatoms. The second kappa shape index (κ2) is 4.39. The van der Waals surface area contributed by atoms with Crippen LogP contribution in [0.1, 0.15) is 11.1 Å². The minimum Gasteiger partial charge on any atom is -0.496 e. The van der Waals surface area contributed by atoms with Crippen molar-refractivity contribution in [3.8, 4) is 11.8 Å². The monoisotopic (exact) mass is 208 g/mol. The number of ether oxygens (including phenoxy) is 1. The van der Waals surface area contributed by atoms with Gasteiger partial charge < -0.3 is 9.84 Å². The van der Waals surface area contributed by atoms with E-state index in [1.807, 2.05) is 0 Å². The minimum atomic E-state index is -0.702. The Hall–Kier alpha value is -2.13. The molecule has 1 rings (SSSR count). The van der Waals surface area contributed by atoms with Crippen LogP contribution in [0.15, 0.2) is 12.1 Å². The molecule has 0 aliphatic heterocycles. The Kier molecular flexibility index (Phi) is 3.21. The number of benzene rings is 1. The molecule has 1 aromatic carbocycles. The minimum absolute atomic E-state index is 0.0153. The van der Waals surface area contributed by atoms with Crippen LogP contribution in [0.3, 0.4) is 0 Å². The van der Waals surface area contributed by atoms with E-state index in [-0.39, 0.29) is 16.9 Å². The Morgan fingerprint density at radius 1 is 1.67 bits per heavy atom. The summed E-state index contributed by atoms with van der Waals surface area (Å²) in [7, 11) is 1.34. The van der Waals surface area contributed by atoms with E-state index in [1.165, 1.54) is 19.2 Å². The highest BCUT2D eigenvalue weighted by Gasteiger charge is 2.23. The van der Waals surface area contributed by atoms with Gasteiger partial charge in [0.25, 0.3) is 5.69 Å². The molecule has 0 aliphatic carbocycles. The number of nitrogens with zero attached hydrogens (tertiary/aromatic N) is 2. The average Bonchev–Trinajstić information content (AvgIpc) is 2.26. The van der Waals surface area contributed by atoms with Crippen molar-refractivity contribution in [1.82, 2.24) is 0 Å². The highest BCUT2D eigenvalue weighted by Crippen LogP contribution is 2.31. The Morgan fingerprint density at radius 3 is 2.73 bits per heavy atom. The third-order valence-electron chi connectivity index (χ3n) is 1.92. The quantitative estimate of drug-likeness (QED) is 0.589. The Bertz CT molecular complexity index is 436. The Labute approximate surface area is 85.5 Å².